The smallest absolute Gasteiger partial charge is 0.231 e. The Morgan fingerprint density at radius 1 is 1.13 bits per heavy atom. The van der Waals surface area contributed by atoms with Crippen molar-refractivity contribution in [2.45, 2.75) is 45.1 Å². The molecule has 0 spiro atoms. The maximum absolute atomic E-state index is 12.8. The van der Waals surface area contributed by atoms with Crippen LogP contribution in [-0.4, -0.2) is 5.91 Å². The topological polar surface area (TPSA) is 29.1 Å². The number of carbonyl (C=O) groups is 1. The number of hydrogen-bond donors (Lipinski definition) is 1. The molecule has 1 atom stereocenters. The lowest BCUT2D eigenvalue weighted by Gasteiger charge is -2.22. The molecule has 2 nitrogen and oxygen atoms in total. The zero-order valence-corrected chi connectivity index (χ0v) is 14.6. The molecule has 23 heavy (non-hydrogen) atoms. The van der Waals surface area contributed by atoms with Crippen molar-refractivity contribution in [1.82, 2.24) is 5.32 Å². The standard InChI is InChI=1S/C20H22ClNO/c1-13-4-5-14(2)18(12-13)15(3)22-19(23)20(10-11-20)16-6-8-17(21)9-7-16/h4-9,12,15H,10-11H2,1-3H3,(H,22,23)/t15-/m0/s1. The predicted octanol–water partition coefficient (Wildman–Crippen LogP) is 4.87. The highest BCUT2D eigenvalue weighted by molar-refractivity contribution is 6.30. The molecular formula is C20H22ClNO. The molecule has 3 rings (SSSR count). The van der Waals surface area contributed by atoms with Gasteiger partial charge in [-0.2, -0.15) is 0 Å². The van der Waals surface area contributed by atoms with Crippen molar-refractivity contribution in [3.05, 3.63) is 69.7 Å². The Labute approximate surface area is 142 Å². The van der Waals surface area contributed by atoms with Crippen LogP contribution in [0.4, 0.5) is 0 Å². The summed E-state index contributed by atoms with van der Waals surface area (Å²) in [7, 11) is 0. The first-order chi connectivity index (χ1) is 10.9. The Kier molecular flexibility index (Phi) is 4.20. The highest BCUT2D eigenvalue weighted by Crippen LogP contribution is 2.49. The van der Waals surface area contributed by atoms with Gasteiger partial charge in [-0.3, -0.25) is 4.79 Å². The van der Waals surface area contributed by atoms with E-state index in [9.17, 15) is 4.79 Å². The summed E-state index contributed by atoms with van der Waals surface area (Å²) in [6.07, 6.45) is 1.81. The van der Waals surface area contributed by atoms with Gasteiger partial charge in [0.2, 0.25) is 5.91 Å². The van der Waals surface area contributed by atoms with Gasteiger partial charge in [0, 0.05) is 5.02 Å². The third kappa shape index (κ3) is 3.13. The molecule has 120 valence electrons. The molecule has 1 N–H and O–H groups in total. The second-order valence-electron chi connectivity index (χ2n) is 6.64. The van der Waals surface area contributed by atoms with Gasteiger partial charge in [0.05, 0.1) is 11.5 Å². The maximum Gasteiger partial charge on any atom is 0.231 e. The van der Waals surface area contributed by atoms with Crippen LogP contribution in [0.1, 0.15) is 48.1 Å². The average Bonchev–Trinajstić information content (AvgIpc) is 3.32. The lowest BCUT2D eigenvalue weighted by Crippen LogP contribution is -2.36. The molecule has 1 saturated carbocycles. The van der Waals surface area contributed by atoms with Gasteiger partial charge in [-0.25, -0.2) is 0 Å². The first-order valence-electron chi connectivity index (χ1n) is 8.06. The van der Waals surface area contributed by atoms with Crippen LogP contribution >= 0.6 is 11.6 Å². The highest BCUT2D eigenvalue weighted by Gasteiger charge is 2.51. The van der Waals surface area contributed by atoms with Gasteiger partial charge in [-0.1, -0.05) is 47.5 Å². The lowest BCUT2D eigenvalue weighted by atomic mass is 9.93. The molecular weight excluding hydrogens is 306 g/mol. The van der Waals surface area contributed by atoms with Crippen LogP contribution in [0, 0.1) is 13.8 Å². The summed E-state index contributed by atoms with van der Waals surface area (Å²) in [5.41, 5.74) is 4.31. The third-order valence-corrected chi connectivity index (χ3v) is 5.08. The van der Waals surface area contributed by atoms with Gasteiger partial charge >= 0.3 is 0 Å². The number of nitrogens with one attached hydrogen (secondary N) is 1. The van der Waals surface area contributed by atoms with Crippen LogP contribution in [-0.2, 0) is 10.2 Å². The zero-order chi connectivity index (χ0) is 16.6. The van der Waals surface area contributed by atoms with Crippen molar-refractivity contribution >= 4 is 17.5 Å². The average molecular weight is 328 g/mol. The van der Waals surface area contributed by atoms with E-state index >= 15 is 0 Å². The van der Waals surface area contributed by atoms with E-state index in [1.165, 1.54) is 16.7 Å². The zero-order valence-electron chi connectivity index (χ0n) is 13.8. The molecule has 1 fully saturated rings. The van der Waals surface area contributed by atoms with Crippen LogP contribution in [0.5, 0.6) is 0 Å². The SMILES string of the molecule is Cc1ccc(C)c([C@H](C)NC(=O)C2(c3ccc(Cl)cc3)CC2)c1. The molecule has 0 bridgehead atoms. The van der Waals surface area contributed by atoms with Crippen LogP contribution in [0.3, 0.4) is 0 Å². The number of rotatable bonds is 4. The summed E-state index contributed by atoms with van der Waals surface area (Å²) in [4.78, 5) is 12.8. The molecule has 1 aliphatic rings. The summed E-state index contributed by atoms with van der Waals surface area (Å²) in [6, 6.07) is 14.0. The van der Waals surface area contributed by atoms with Crippen molar-refractivity contribution in [2.24, 2.45) is 0 Å². The van der Waals surface area contributed by atoms with E-state index in [0.717, 1.165) is 18.4 Å². The fourth-order valence-electron chi connectivity index (χ4n) is 3.18. The Hall–Kier alpha value is -1.80. The van der Waals surface area contributed by atoms with Gasteiger partial charge < -0.3 is 5.32 Å². The predicted molar refractivity (Wildman–Crippen MR) is 94.8 cm³/mol. The third-order valence-electron chi connectivity index (χ3n) is 4.83. The molecule has 2 aromatic carbocycles. The van der Waals surface area contributed by atoms with E-state index in [4.69, 9.17) is 11.6 Å². The number of hydrogen-bond acceptors (Lipinski definition) is 1. The second kappa shape index (κ2) is 6.01. The van der Waals surface area contributed by atoms with Gasteiger partial charge in [0.25, 0.3) is 0 Å². The van der Waals surface area contributed by atoms with Crippen molar-refractivity contribution in [3.63, 3.8) is 0 Å². The van der Waals surface area contributed by atoms with E-state index in [1.54, 1.807) is 0 Å². The first-order valence-corrected chi connectivity index (χ1v) is 8.44. The minimum absolute atomic E-state index is 0.00664. The van der Waals surface area contributed by atoms with Crippen LogP contribution in [0.25, 0.3) is 0 Å². The quantitative estimate of drug-likeness (QED) is 0.853. The monoisotopic (exact) mass is 327 g/mol. The van der Waals surface area contributed by atoms with Crippen LogP contribution < -0.4 is 5.32 Å². The second-order valence-corrected chi connectivity index (χ2v) is 7.08. The van der Waals surface area contributed by atoms with Crippen molar-refractivity contribution in [2.75, 3.05) is 0 Å². The Balaban J connectivity index is 1.78. The van der Waals surface area contributed by atoms with E-state index in [2.05, 4.69) is 44.3 Å². The molecule has 0 radical (unpaired) electrons. The summed E-state index contributed by atoms with van der Waals surface area (Å²) in [5.74, 6) is 0.119. The highest BCUT2D eigenvalue weighted by atomic mass is 35.5. The number of amides is 1. The first kappa shape index (κ1) is 16.1. The van der Waals surface area contributed by atoms with Gasteiger partial charge in [0.1, 0.15) is 0 Å². The van der Waals surface area contributed by atoms with Crippen molar-refractivity contribution < 1.29 is 4.79 Å². The van der Waals surface area contributed by atoms with Crippen LogP contribution in [0.15, 0.2) is 42.5 Å². The molecule has 0 heterocycles. The van der Waals surface area contributed by atoms with E-state index < -0.39 is 0 Å². The maximum atomic E-state index is 12.8. The summed E-state index contributed by atoms with van der Waals surface area (Å²) >= 11 is 5.96. The molecule has 0 saturated heterocycles. The minimum atomic E-state index is -0.365. The fourth-order valence-corrected chi connectivity index (χ4v) is 3.31. The van der Waals surface area contributed by atoms with E-state index in [-0.39, 0.29) is 17.4 Å². The normalized spacial score (nSPS) is 16.7. The Bertz CT molecular complexity index is 732. The molecule has 0 unspecified atom stereocenters. The lowest BCUT2D eigenvalue weighted by molar-refractivity contribution is -0.124. The molecule has 2 aromatic rings. The summed E-state index contributed by atoms with van der Waals surface area (Å²) in [5, 5.41) is 3.91. The number of halogens is 1. The van der Waals surface area contributed by atoms with E-state index in [0.29, 0.717) is 5.02 Å². The van der Waals surface area contributed by atoms with Gasteiger partial charge in [-0.05, 0) is 62.4 Å². The molecule has 1 amide bonds. The van der Waals surface area contributed by atoms with Gasteiger partial charge in [0.15, 0.2) is 0 Å². The van der Waals surface area contributed by atoms with Crippen molar-refractivity contribution in [1.29, 1.82) is 0 Å². The summed E-state index contributed by atoms with van der Waals surface area (Å²) in [6.45, 7) is 6.22. The molecule has 0 aliphatic heterocycles. The largest absolute Gasteiger partial charge is 0.349 e. The molecule has 0 aromatic heterocycles. The van der Waals surface area contributed by atoms with Crippen LogP contribution in [0.2, 0.25) is 5.02 Å². The Morgan fingerprint density at radius 2 is 1.78 bits per heavy atom. The van der Waals surface area contributed by atoms with E-state index in [1.807, 2.05) is 24.3 Å². The number of carbonyl (C=O) groups excluding carboxylic acids is 1. The molecule has 3 heteroatoms. The fraction of sp³-hybridized carbons (Fsp3) is 0.350. The molecule has 1 aliphatic carbocycles. The number of benzene rings is 2. The summed E-state index contributed by atoms with van der Waals surface area (Å²) < 4.78 is 0. The number of aryl methyl sites for hydroxylation is 2. The Morgan fingerprint density at radius 3 is 2.39 bits per heavy atom. The van der Waals surface area contributed by atoms with Gasteiger partial charge in [-0.15, -0.1) is 0 Å². The van der Waals surface area contributed by atoms with Crippen molar-refractivity contribution in [3.8, 4) is 0 Å². The minimum Gasteiger partial charge on any atom is -0.349 e.